The molecule has 0 spiro atoms. The lowest BCUT2D eigenvalue weighted by Gasteiger charge is -2.07. The van der Waals surface area contributed by atoms with Crippen LogP contribution in [0, 0.1) is 13.8 Å². The number of rotatable bonds is 4. The normalized spacial score (nSPS) is 11.2. The van der Waals surface area contributed by atoms with E-state index in [1.165, 1.54) is 11.3 Å². The molecule has 0 amide bonds. The first-order chi connectivity index (χ1) is 9.01. The minimum atomic E-state index is -0.884. The summed E-state index contributed by atoms with van der Waals surface area (Å²) in [5.74, 6) is -0.884. The number of nitrogens with two attached hydrogens (primary N) is 1. The van der Waals surface area contributed by atoms with Crippen molar-refractivity contribution in [1.29, 1.82) is 0 Å². The predicted molar refractivity (Wildman–Crippen MR) is 76.8 cm³/mol. The van der Waals surface area contributed by atoms with Crippen molar-refractivity contribution >= 4 is 16.9 Å². The molecular weight excluding hydrogens is 240 g/mol. The van der Waals surface area contributed by atoms with Crippen LogP contribution >= 0.6 is 0 Å². The highest BCUT2D eigenvalue weighted by atomic mass is 16.4. The van der Waals surface area contributed by atoms with E-state index in [0.29, 0.717) is 12.1 Å². The second kappa shape index (κ2) is 5.05. The van der Waals surface area contributed by atoms with Crippen LogP contribution in [0.25, 0.3) is 10.9 Å². The zero-order valence-corrected chi connectivity index (χ0v) is 11.7. The molecule has 0 aliphatic rings. The molecule has 1 aromatic heterocycles. The molecule has 2 rings (SSSR count). The molecular formula is C15H20N2O2. The van der Waals surface area contributed by atoms with Crippen LogP contribution in [0.15, 0.2) is 12.1 Å². The van der Waals surface area contributed by atoms with Gasteiger partial charge in [0.25, 0.3) is 0 Å². The number of aryl methyl sites for hydroxylation is 2. The van der Waals surface area contributed by atoms with Crippen LogP contribution < -0.4 is 5.73 Å². The molecule has 0 bridgehead atoms. The topological polar surface area (TPSA) is 68.2 Å². The van der Waals surface area contributed by atoms with E-state index >= 15 is 0 Å². The van der Waals surface area contributed by atoms with Gasteiger partial charge in [0.05, 0.1) is 11.1 Å². The Morgan fingerprint density at radius 3 is 2.58 bits per heavy atom. The average Bonchev–Trinajstić information content (AvgIpc) is 2.63. The Labute approximate surface area is 112 Å². The molecule has 19 heavy (non-hydrogen) atoms. The van der Waals surface area contributed by atoms with Crippen molar-refractivity contribution in [3.05, 3.63) is 34.5 Å². The monoisotopic (exact) mass is 260 g/mol. The zero-order chi connectivity index (χ0) is 14.2. The van der Waals surface area contributed by atoms with E-state index < -0.39 is 5.97 Å². The van der Waals surface area contributed by atoms with Crippen molar-refractivity contribution in [3.63, 3.8) is 0 Å². The molecule has 0 saturated heterocycles. The molecule has 0 saturated carbocycles. The highest BCUT2D eigenvalue weighted by Gasteiger charge is 2.17. The summed E-state index contributed by atoms with van der Waals surface area (Å²) in [7, 11) is 0. The Morgan fingerprint density at radius 1 is 1.37 bits per heavy atom. The quantitative estimate of drug-likeness (QED) is 0.887. The number of nitrogens with zero attached hydrogens (tertiary/aromatic N) is 1. The zero-order valence-electron chi connectivity index (χ0n) is 11.7. The fourth-order valence-electron chi connectivity index (χ4n) is 2.87. The van der Waals surface area contributed by atoms with E-state index in [4.69, 9.17) is 5.73 Å². The highest BCUT2D eigenvalue weighted by molar-refractivity contribution is 5.97. The lowest BCUT2D eigenvalue weighted by atomic mass is 10.0. The summed E-state index contributed by atoms with van der Waals surface area (Å²) >= 11 is 0. The van der Waals surface area contributed by atoms with Gasteiger partial charge in [-0.15, -0.1) is 0 Å². The van der Waals surface area contributed by atoms with Gasteiger partial charge in [0.15, 0.2) is 0 Å². The maximum atomic E-state index is 11.2. The van der Waals surface area contributed by atoms with E-state index in [9.17, 15) is 9.90 Å². The number of hydrogen-bond donors (Lipinski definition) is 2. The highest BCUT2D eigenvalue weighted by Crippen LogP contribution is 2.30. The van der Waals surface area contributed by atoms with Gasteiger partial charge in [-0.25, -0.2) is 4.79 Å². The average molecular weight is 260 g/mol. The maximum Gasteiger partial charge on any atom is 0.335 e. The Morgan fingerprint density at radius 2 is 2.05 bits per heavy atom. The molecule has 102 valence electrons. The molecule has 0 unspecified atom stereocenters. The molecule has 0 aliphatic heterocycles. The molecule has 4 nitrogen and oxygen atoms in total. The van der Waals surface area contributed by atoms with E-state index in [0.717, 1.165) is 29.4 Å². The Hall–Kier alpha value is -1.81. The molecule has 4 heteroatoms. The molecule has 0 aliphatic carbocycles. The first-order valence-electron chi connectivity index (χ1n) is 6.56. The fourth-order valence-corrected chi connectivity index (χ4v) is 2.87. The van der Waals surface area contributed by atoms with Gasteiger partial charge in [-0.1, -0.05) is 0 Å². The van der Waals surface area contributed by atoms with Gasteiger partial charge >= 0.3 is 5.97 Å². The smallest absolute Gasteiger partial charge is 0.335 e. The summed E-state index contributed by atoms with van der Waals surface area (Å²) in [5, 5.41) is 10.2. The summed E-state index contributed by atoms with van der Waals surface area (Å²) in [6.45, 7) is 7.59. The van der Waals surface area contributed by atoms with Crippen molar-refractivity contribution in [1.82, 2.24) is 4.57 Å². The molecule has 0 radical (unpaired) electrons. The van der Waals surface area contributed by atoms with Crippen molar-refractivity contribution in [2.45, 2.75) is 33.7 Å². The van der Waals surface area contributed by atoms with Crippen LogP contribution in [-0.2, 0) is 13.0 Å². The standard InChI is InChI=1S/C15H20N2O2/c1-4-17-10(3)12(5-6-16)13-8-11(15(18)19)7-9(2)14(13)17/h7-8H,4-6,16H2,1-3H3,(H,18,19). The second-order valence-electron chi connectivity index (χ2n) is 4.84. The molecule has 1 heterocycles. The lowest BCUT2D eigenvalue weighted by molar-refractivity contribution is 0.0697. The summed E-state index contributed by atoms with van der Waals surface area (Å²) in [4.78, 5) is 11.2. The molecule has 0 atom stereocenters. The number of carbonyl (C=O) groups is 1. The SMILES string of the molecule is CCn1c(C)c(CCN)c2cc(C(=O)O)cc(C)c21. The van der Waals surface area contributed by atoms with Crippen LogP contribution in [0.2, 0.25) is 0 Å². The van der Waals surface area contributed by atoms with Crippen molar-refractivity contribution in [2.24, 2.45) is 5.73 Å². The summed E-state index contributed by atoms with van der Waals surface area (Å²) in [6.07, 6.45) is 0.776. The van der Waals surface area contributed by atoms with Crippen molar-refractivity contribution in [2.75, 3.05) is 6.54 Å². The van der Waals surface area contributed by atoms with Gasteiger partial charge in [-0.05, 0) is 57.0 Å². The van der Waals surface area contributed by atoms with Gasteiger partial charge in [-0.2, -0.15) is 0 Å². The number of aromatic carboxylic acids is 1. The first kappa shape index (κ1) is 13.6. The Bertz CT molecular complexity index is 641. The maximum absolute atomic E-state index is 11.2. The van der Waals surface area contributed by atoms with Gasteiger partial charge in [0.2, 0.25) is 0 Å². The van der Waals surface area contributed by atoms with Crippen molar-refractivity contribution < 1.29 is 9.90 Å². The first-order valence-corrected chi connectivity index (χ1v) is 6.56. The van der Waals surface area contributed by atoms with E-state index in [1.807, 2.05) is 6.92 Å². The Kier molecular flexibility index (Phi) is 3.62. The minimum absolute atomic E-state index is 0.344. The number of benzene rings is 1. The van der Waals surface area contributed by atoms with Crippen LogP contribution in [0.5, 0.6) is 0 Å². The number of carboxylic acids is 1. The summed E-state index contributed by atoms with van der Waals surface area (Å²) < 4.78 is 2.24. The van der Waals surface area contributed by atoms with Gasteiger partial charge < -0.3 is 15.4 Å². The predicted octanol–water partition coefficient (Wildman–Crippen LogP) is 2.48. The summed E-state index contributed by atoms with van der Waals surface area (Å²) in [6, 6.07) is 3.51. The fraction of sp³-hybridized carbons (Fsp3) is 0.400. The largest absolute Gasteiger partial charge is 0.478 e. The van der Waals surface area contributed by atoms with E-state index in [2.05, 4.69) is 18.4 Å². The third kappa shape index (κ3) is 2.12. The molecule has 3 N–H and O–H groups in total. The number of carboxylic acid groups (broad SMARTS) is 1. The van der Waals surface area contributed by atoms with Crippen LogP contribution in [0.3, 0.4) is 0 Å². The Balaban J connectivity index is 2.85. The summed E-state index contributed by atoms with van der Waals surface area (Å²) in [5.41, 5.74) is 10.5. The van der Waals surface area contributed by atoms with Crippen LogP contribution in [0.4, 0.5) is 0 Å². The third-order valence-corrected chi connectivity index (χ3v) is 3.69. The molecule has 2 aromatic rings. The van der Waals surface area contributed by atoms with Gasteiger partial charge in [0, 0.05) is 17.6 Å². The van der Waals surface area contributed by atoms with Crippen molar-refractivity contribution in [3.8, 4) is 0 Å². The second-order valence-corrected chi connectivity index (χ2v) is 4.84. The molecule has 0 fully saturated rings. The van der Waals surface area contributed by atoms with Crippen LogP contribution in [-0.4, -0.2) is 22.2 Å². The lowest BCUT2D eigenvalue weighted by Crippen LogP contribution is -2.04. The van der Waals surface area contributed by atoms with E-state index in [1.54, 1.807) is 12.1 Å². The van der Waals surface area contributed by atoms with Crippen LogP contribution in [0.1, 0.15) is 34.1 Å². The number of aromatic nitrogens is 1. The van der Waals surface area contributed by atoms with Gasteiger partial charge in [-0.3, -0.25) is 0 Å². The minimum Gasteiger partial charge on any atom is -0.478 e. The third-order valence-electron chi connectivity index (χ3n) is 3.69. The number of fused-ring (bicyclic) bond motifs is 1. The van der Waals surface area contributed by atoms with E-state index in [-0.39, 0.29) is 0 Å². The molecule has 1 aromatic carbocycles. The number of hydrogen-bond acceptors (Lipinski definition) is 2. The van der Waals surface area contributed by atoms with Gasteiger partial charge in [0.1, 0.15) is 0 Å².